The Labute approximate surface area is 101 Å². The number of hydrogen-bond acceptors (Lipinski definition) is 4. The SMILES string of the molecule is COC(=O)c1cc(C(=O)CCN)c(C)cc1C. The van der Waals surface area contributed by atoms with Crippen LogP contribution >= 0.6 is 0 Å². The average Bonchev–Trinajstić information content (AvgIpc) is 2.28. The molecule has 92 valence electrons. The Hall–Kier alpha value is -1.68. The molecular weight excluding hydrogens is 218 g/mol. The second-order valence-corrected chi connectivity index (χ2v) is 3.94. The van der Waals surface area contributed by atoms with E-state index in [1.807, 2.05) is 19.9 Å². The van der Waals surface area contributed by atoms with Crippen molar-refractivity contribution in [2.75, 3.05) is 13.7 Å². The largest absolute Gasteiger partial charge is 0.465 e. The van der Waals surface area contributed by atoms with Crippen LogP contribution in [-0.2, 0) is 4.74 Å². The lowest BCUT2D eigenvalue weighted by molar-refractivity contribution is 0.0600. The van der Waals surface area contributed by atoms with Crippen molar-refractivity contribution in [3.63, 3.8) is 0 Å². The molecule has 17 heavy (non-hydrogen) atoms. The highest BCUT2D eigenvalue weighted by molar-refractivity contribution is 6.01. The lowest BCUT2D eigenvalue weighted by atomic mass is 9.96. The molecule has 0 aliphatic carbocycles. The molecule has 1 rings (SSSR count). The molecule has 0 spiro atoms. The number of Topliss-reactive ketones (excluding diaryl/α,β-unsaturated/α-hetero) is 1. The summed E-state index contributed by atoms with van der Waals surface area (Å²) in [6.45, 7) is 3.97. The zero-order valence-electron chi connectivity index (χ0n) is 10.4. The monoisotopic (exact) mass is 235 g/mol. The van der Waals surface area contributed by atoms with Gasteiger partial charge in [-0.1, -0.05) is 6.07 Å². The van der Waals surface area contributed by atoms with Gasteiger partial charge >= 0.3 is 5.97 Å². The Morgan fingerprint density at radius 2 is 1.76 bits per heavy atom. The second kappa shape index (κ2) is 5.59. The van der Waals surface area contributed by atoms with E-state index in [1.165, 1.54) is 7.11 Å². The highest BCUT2D eigenvalue weighted by atomic mass is 16.5. The molecule has 0 saturated heterocycles. The Bertz CT molecular complexity index is 452. The summed E-state index contributed by atoms with van der Waals surface area (Å²) < 4.78 is 4.68. The smallest absolute Gasteiger partial charge is 0.338 e. The summed E-state index contributed by atoms with van der Waals surface area (Å²) in [7, 11) is 1.32. The molecule has 0 saturated carbocycles. The molecule has 4 nitrogen and oxygen atoms in total. The van der Waals surface area contributed by atoms with Gasteiger partial charge in [0.15, 0.2) is 5.78 Å². The Morgan fingerprint density at radius 3 is 2.29 bits per heavy atom. The molecule has 0 fully saturated rings. The lowest BCUT2D eigenvalue weighted by Gasteiger charge is -2.10. The van der Waals surface area contributed by atoms with Crippen molar-refractivity contribution in [3.8, 4) is 0 Å². The number of benzene rings is 1. The third kappa shape index (κ3) is 2.91. The molecule has 0 radical (unpaired) electrons. The van der Waals surface area contributed by atoms with Crippen LogP contribution in [0.4, 0.5) is 0 Å². The number of aryl methyl sites for hydroxylation is 2. The first-order valence-electron chi connectivity index (χ1n) is 5.44. The van der Waals surface area contributed by atoms with E-state index in [0.29, 0.717) is 17.7 Å². The number of rotatable bonds is 4. The number of hydrogen-bond donors (Lipinski definition) is 1. The van der Waals surface area contributed by atoms with Crippen LogP contribution in [-0.4, -0.2) is 25.4 Å². The molecule has 1 aromatic rings. The van der Waals surface area contributed by atoms with Crippen LogP contribution in [0.1, 0.15) is 38.3 Å². The second-order valence-electron chi connectivity index (χ2n) is 3.94. The number of nitrogens with two attached hydrogens (primary N) is 1. The molecular formula is C13H17NO3. The number of methoxy groups -OCH3 is 1. The zero-order valence-corrected chi connectivity index (χ0v) is 10.4. The topological polar surface area (TPSA) is 69.4 Å². The summed E-state index contributed by atoms with van der Waals surface area (Å²) in [5.74, 6) is -0.473. The van der Waals surface area contributed by atoms with Crippen LogP contribution in [0.15, 0.2) is 12.1 Å². The number of carbonyl (C=O) groups is 2. The fourth-order valence-corrected chi connectivity index (χ4v) is 1.75. The highest BCUT2D eigenvalue weighted by Gasteiger charge is 2.15. The van der Waals surface area contributed by atoms with E-state index in [4.69, 9.17) is 5.73 Å². The van der Waals surface area contributed by atoms with Gasteiger partial charge in [0, 0.05) is 12.0 Å². The van der Waals surface area contributed by atoms with Crippen molar-refractivity contribution in [3.05, 3.63) is 34.4 Å². The van der Waals surface area contributed by atoms with Crippen LogP contribution < -0.4 is 5.73 Å². The van der Waals surface area contributed by atoms with Crippen LogP contribution in [0.5, 0.6) is 0 Å². The van der Waals surface area contributed by atoms with E-state index in [1.54, 1.807) is 6.07 Å². The summed E-state index contributed by atoms with van der Waals surface area (Å²) >= 11 is 0. The highest BCUT2D eigenvalue weighted by Crippen LogP contribution is 2.18. The Kier molecular flexibility index (Phi) is 4.40. The van der Waals surface area contributed by atoms with Gasteiger partial charge in [-0.15, -0.1) is 0 Å². The van der Waals surface area contributed by atoms with Gasteiger partial charge in [0.2, 0.25) is 0 Å². The number of esters is 1. The number of ketones is 1. The first-order valence-corrected chi connectivity index (χ1v) is 5.44. The maximum atomic E-state index is 11.8. The van der Waals surface area contributed by atoms with Gasteiger partial charge in [-0.3, -0.25) is 4.79 Å². The molecule has 0 aliphatic rings. The fraction of sp³-hybridized carbons (Fsp3) is 0.385. The molecule has 0 heterocycles. The molecule has 1 aromatic carbocycles. The Balaban J connectivity index is 3.23. The van der Waals surface area contributed by atoms with Gasteiger partial charge in [-0.05, 0) is 37.6 Å². The van der Waals surface area contributed by atoms with Crippen molar-refractivity contribution in [2.45, 2.75) is 20.3 Å². The van der Waals surface area contributed by atoms with Crippen molar-refractivity contribution in [1.29, 1.82) is 0 Å². The minimum atomic E-state index is -0.427. The van der Waals surface area contributed by atoms with E-state index in [-0.39, 0.29) is 12.2 Å². The first-order chi connectivity index (χ1) is 8.01. The molecule has 0 unspecified atom stereocenters. The molecule has 0 aromatic heterocycles. The van der Waals surface area contributed by atoms with Gasteiger partial charge in [-0.25, -0.2) is 4.79 Å². The van der Waals surface area contributed by atoms with Crippen LogP contribution in [0.2, 0.25) is 0 Å². The predicted octanol–water partition coefficient (Wildman–Crippen LogP) is 1.62. The molecule has 0 aliphatic heterocycles. The third-order valence-electron chi connectivity index (χ3n) is 2.65. The van der Waals surface area contributed by atoms with Crippen LogP contribution in [0, 0.1) is 13.8 Å². The fourth-order valence-electron chi connectivity index (χ4n) is 1.75. The van der Waals surface area contributed by atoms with E-state index < -0.39 is 5.97 Å². The van der Waals surface area contributed by atoms with Gasteiger partial charge in [0.1, 0.15) is 0 Å². The zero-order chi connectivity index (χ0) is 13.0. The minimum absolute atomic E-state index is 0.0462. The van der Waals surface area contributed by atoms with E-state index in [9.17, 15) is 9.59 Å². The molecule has 0 amide bonds. The quantitative estimate of drug-likeness (QED) is 0.636. The normalized spacial score (nSPS) is 10.1. The Morgan fingerprint density at radius 1 is 1.18 bits per heavy atom. The maximum Gasteiger partial charge on any atom is 0.338 e. The van der Waals surface area contributed by atoms with E-state index in [0.717, 1.165) is 11.1 Å². The number of carbonyl (C=O) groups excluding carboxylic acids is 2. The van der Waals surface area contributed by atoms with E-state index in [2.05, 4.69) is 4.74 Å². The van der Waals surface area contributed by atoms with Gasteiger partial charge < -0.3 is 10.5 Å². The van der Waals surface area contributed by atoms with Crippen molar-refractivity contribution in [2.24, 2.45) is 5.73 Å². The van der Waals surface area contributed by atoms with Crippen molar-refractivity contribution < 1.29 is 14.3 Å². The van der Waals surface area contributed by atoms with Gasteiger partial charge in [0.05, 0.1) is 12.7 Å². The summed E-state index contributed by atoms with van der Waals surface area (Å²) in [6, 6.07) is 3.41. The molecule has 4 heteroatoms. The maximum absolute atomic E-state index is 11.8. The summed E-state index contributed by atoms with van der Waals surface area (Å²) in [5.41, 5.74) is 7.99. The molecule has 2 N–H and O–H groups in total. The summed E-state index contributed by atoms with van der Waals surface area (Å²) in [5, 5.41) is 0. The first kappa shape index (κ1) is 13.4. The van der Waals surface area contributed by atoms with Crippen molar-refractivity contribution >= 4 is 11.8 Å². The average molecular weight is 235 g/mol. The standard InChI is InChI=1S/C13H17NO3/c1-8-6-9(2)11(13(16)17-3)7-10(8)12(15)4-5-14/h6-7H,4-5,14H2,1-3H3. The van der Waals surface area contributed by atoms with Crippen LogP contribution in [0.25, 0.3) is 0 Å². The van der Waals surface area contributed by atoms with Crippen molar-refractivity contribution in [1.82, 2.24) is 0 Å². The summed E-state index contributed by atoms with van der Waals surface area (Å²) in [4.78, 5) is 23.3. The molecule has 0 bridgehead atoms. The van der Waals surface area contributed by atoms with Gasteiger partial charge in [0.25, 0.3) is 0 Å². The molecule has 0 atom stereocenters. The van der Waals surface area contributed by atoms with Gasteiger partial charge in [-0.2, -0.15) is 0 Å². The summed E-state index contributed by atoms with van der Waals surface area (Å²) in [6.07, 6.45) is 0.282. The minimum Gasteiger partial charge on any atom is -0.465 e. The predicted molar refractivity (Wildman–Crippen MR) is 65.3 cm³/mol. The van der Waals surface area contributed by atoms with E-state index >= 15 is 0 Å². The van der Waals surface area contributed by atoms with Crippen LogP contribution in [0.3, 0.4) is 0 Å². The third-order valence-corrected chi connectivity index (χ3v) is 2.65. The lowest BCUT2D eigenvalue weighted by Crippen LogP contribution is -2.12. The number of ether oxygens (including phenoxy) is 1.